The van der Waals surface area contributed by atoms with E-state index in [0.717, 1.165) is 0 Å². The number of halogens is 3. The second-order valence-electron chi connectivity index (χ2n) is 2.64. The quantitative estimate of drug-likeness (QED) is 0.349. The summed E-state index contributed by atoms with van der Waals surface area (Å²) in [5, 5.41) is 3.00. The predicted molar refractivity (Wildman–Crippen MR) is 50.8 cm³/mol. The van der Waals surface area contributed by atoms with Gasteiger partial charge in [0, 0.05) is 4.91 Å². The highest BCUT2D eigenvalue weighted by Gasteiger charge is 2.36. The second kappa shape index (κ2) is 5.05. The molecule has 0 aliphatic rings. The Hall–Kier alpha value is -2.46. The Morgan fingerprint density at radius 3 is 2.88 bits per heavy atom. The molecular formula is C8H4F3N5O. The fourth-order valence-corrected chi connectivity index (χ4v) is 0.925. The zero-order valence-corrected chi connectivity index (χ0v) is 8.12. The maximum Gasteiger partial charge on any atom is 0.434 e. The smallest absolute Gasteiger partial charge is 0.312 e. The van der Waals surface area contributed by atoms with Crippen LogP contribution in [0, 0.1) is 11.8 Å². The zero-order chi connectivity index (χ0) is 12.9. The monoisotopic (exact) mass is 243 g/mol. The highest BCUT2D eigenvalue weighted by atomic mass is 19.4. The fourth-order valence-electron chi connectivity index (χ4n) is 0.925. The van der Waals surface area contributed by atoms with Gasteiger partial charge >= 0.3 is 6.18 Å². The fraction of sp³-hybridized carbons (Fsp3) is 0.250. The highest BCUT2D eigenvalue weighted by Crippen LogP contribution is 2.28. The first-order chi connectivity index (χ1) is 7.96. The maximum absolute atomic E-state index is 12.4. The van der Waals surface area contributed by atoms with Crippen LogP contribution in [0.4, 0.5) is 13.2 Å². The summed E-state index contributed by atoms with van der Waals surface area (Å²) >= 11 is 0. The van der Waals surface area contributed by atoms with Gasteiger partial charge in [-0.25, -0.2) is 4.98 Å². The normalized spacial score (nSPS) is 10.1. The van der Waals surface area contributed by atoms with E-state index in [1.165, 1.54) is 0 Å². The Morgan fingerprint density at radius 2 is 2.29 bits per heavy atom. The van der Waals surface area contributed by atoms with Gasteiger partial charge in [0.1, 0.15) is 5.56 Å². The minimum Gasteiger partial charge on any atom is -0.312 e. The van der Waals surface area contributed by atoms with Crippen molar-refractivity contribution >= 4 is 0 Å². The zero-order valence-electron chi connectivity index (χ0n) is 8.12. The van der Waals surface area contributed by atoms with Gasteiger partial charge < -0.3 is 4.98 Å². The first-order valence-electron chi connectivity index (χ1n) is 4.11. The number of hydrogen-bond acceptors (Lipinski definition) is 3. The van der Waals surface area contributed by atoms with Crippen molar-refractivity contribution in [2.45, 2.75) is 6.18 Å². The van der Waals surface area contributed by atoms with Crippen molar-refractivity contribution in [3.63, 3.8) is 0 Å². The van der Waals surface area contributed by atoms with Crippen molar-refractivity contribution in [2.24, 2.45) is 5.11 Å². The first kappa shape index (κ1) is 12.6. The lowest BCUT2D eigenvalue weighted by Gasteiger charge is -2.05. The first-order valence-corrected chi connectivity index (χ1v) is 4.11. The molecule has 88 valence electrons. The molecule has 0 radical (unpaired) electrons. The van der Waals surface area contributed by atoms with E-state index < -0.39 is 23.0 Å². The summed E-state index contributed by atoms with van der Waals surface area (Å²) in [5.41, 5.74) is 4.77. The minimum absolute atomic E-state index is 0.331. The number of aromatic nitrogens is 2. The van der Waals surface area contributed by atoms with Crippen LogP contribution in [0.5, 0.6) is 0 Å². The molecule has 1 aromatic rings. The molecule has 6 nitrogen and oxygen atoms in total. The minimum atomic E-state index is -4.77. The average molecular weight is 243 g/mol. The van der Waals surface area contributed by atoms with E-state index in [1.54, 1.807) is 0 Å². The number of nitrogens with zero attached hydrogens (tertiary/aromatic N) is 4. The van der Waals surface area contributed by atoms with Crippen molar-refractivity contribution in [1.82, 2.24) is 9.97 Å². The molecule has 0 fully saturated rings. The molecule has 0 amide bonds. The average Bonchev–Trinajstić information content (AvgIpc) is 2.24. The summed E-state index contributed by atoms with van der Waals surface area (Å²) in [6.45, 7) is -0.331. The van der Waals surface area contributed by atoms with Gasteiger partial charge in [-0.3, -0.25) is 4.79 Å². The van der Waals surface area contributed by atoms with E-state index >= 15 is 0 Å². The molecule has 0 saturated carbocycles. The molecule has 1 rings (SSSR count). The van der Waals surface area contributed by atoms with E-state index in [-0.39, 0.29) is 6.54 Å². The van der Waals surface area contributed by atoms with Crippen molar-refractivity contribution < 1.29 is 13.2 Å². The predicted octanol–water partition coefficient (Wildman–Crippen LogP) is 1.45. The molecule has 0 saturated heterocycles. The molecule has 0 aliphatic heterocycles. The summed E-state index contributed by atoms with van der Waals surface area (Å²) in [5.74, 6) is 4.11. The lowest BCUT2D eigenvalue weighted by atomic mass is 10.2. The molecular weight excluding hydrogens is 239 g/mol. The van der Waals surface area contributed by atoms with Gasteiger partial charge in [-0.2, -0.15) is 13.2 Å². The molecule has 0 atom stereocenters. The van der Waals surface area contributed by atoms with Gasteiger partial charge in [0.2, 0.25) is 0 Å². The lowest BCUT2D eigenvalue weighted by molar-refractivity contribution is -0.141. The van der Waals surface area contributed by atoms with E-state index in [0.29, 0.717) is 6.33 Å². The lowest BCUT2D eigenvalue weighted by Crippen LogP contribution is -2.20. The summed E-state index contributed by atoms with van der Waals surface area (Å²) in [6.07, 6.45) is -4.12. The molecule has 0 aromatic carbocycles. The third-order valence-electron chi connectivity index (χ3n) is 1.55. The molecule has 1 heterocycles. The van der Waals surface area contributed by atoms with Gasteiger partial charge in [-0.1, -0.05) is 17.0 Å². The molecule has 0 unspecified atom stereocenters. The van der Waals surface area contributed by atoms with Crippen LogP contribution in [0.1, 0.15) is 11.3 Å². The van der Waals surface area contributed by atoms with Gasteiger partial charge in [-0.15, -0.1) is 0 Å². The van der Waals surface area contributed by atoms with Crippen molar-refractivity contribution in [3.8, 4) is 11.8 Å². The maximum atomic E-state index is 12.4. The van der Waals surface area contributed by atoms with Crippen LogP contribution in [-0.2, 0) is 6.18 Å². The molecule has 1 N–H and O–H groups in total. The Morgan fingerprint density at radius 1 is 1.59 bits per heavy atom. The van der Waals surface area contributed by atoms with Gasteiger partial charge in [0.25, 0.3) is 5.56 Å². The molecule has 0 aliphatic carbocycles. The molecule has 9 heteroatoms. The molecule has 0 spiro atoms. The van der Waals surface area contributed by atoms with Gasteiger partial charge in [-0.05, 0) is 5.53 Å². The van der Waals surface area contributed by atoms with Crippen LogP contribution in [0.2, 0.25) is 0 Å². The van der Waals surface area contributed by atoms with E-state index in [2.05, 4.69) is 20.9 Å². The number of nitrogens with one attached hydrogen (secondary N) is 1. The third-order valence-corrected chi connectivity index (χ3v) is 1.55. The number of hydrogen-bond donors (Lipinski definition) is 1. The van der Waals surface area contributed by atoms with Crippen LogP contribution in [0.25, 0.3) is 10.4 Å². The Balaban J connectivity index is 3.25. The largest absolute Gasteiger partial charge is 0.434 e. The van der Waals surface area contributed by atoms with E-state index in [4.69, 9.17) is 5.53 Å². The van der Waals surface area contributed by atoms with Crippen molar-refractivity contribution in [3.05, 3.63) is 38.4 Å². The van der Waals surface area contributed by atoms with Gasteiger partial charge in [0.15, 0.2) is 5.69 Å². The second-order valence-corrected chi connectivity index (χ2v) is 2.64. The number of azide groups is 1. The SMILES string of the molecule is [N-]=[N+]=NCC#Cc1c(C(F)(F)F)nc[nH]c1=O. The van der Waals surface area contributed by atoms with Crippen LogP contribution in [0.15, 0.2) is 16.2 Å². The Labute approximate surface area is 92.1 Å². The summed E-state index contributed by atoms with van der Waals surface area (Å²) in [4.78, 5) is 18.5. The molecule has 17 heavy (non-hydrogen) atoms. The van der Waals surface area contributed by atoms with Crippen LogP contribution >= 0.6 is 0 Å². The molecule has 0 bridgehead atoms. The molecule has 1 aromatic heterocycles. The number of alkyl halides is 3. The summed E-state index contributed by atoms with van der Waals surface area (Å²) in [7, 11) is 0. The van der Waals surface area contributed by atoms with Crippen LogP contribution in [0.3, 0.4) is 0 Å². The highest BCUT2D eigenvalue weighted by molar-refractivity contribution is 5.37. The van der Waals surface area contributed by atoms with Crippen molar-refractivity contribution in [1.29, 1.82) is 0 Å². The van der Waals surface area contributed by atoms with Crippen molar-refractivity contribution in [2.75, 3.05) is 6.54 Å². The van der Waals surface area contributed by atoms with Gasteiger partial charge in [0.05, 0.1) is 12.9 Å². The van der Waals surface area contributed by atoms with Crippen LogP contribution in [-0.4, -0.2) is 16.5 Å². The van der Waals surface area contributed by atoms with E-state index in [9.17, 15) is 18.0 Å². The summed E-state index contributed by atoms with van der Waals surface area (Å²) < 4.78 is 37.3. The van der Waals surface area contributed by atoms with E-state index in [1.807, 2.05) is 10.9 Å². The Kier molecular flexibility index (Phi) is 3.74. The number of rotatable bonds is 1. The number of aromatic amines is 1. The van der Waals surface area contributed by atoms with Crippen LogP contribution < -0.4 is 5.56 Å². The standard InChI is InChI=1S/C8H4F3N5O/c9-8(10,11)6-5(2-1-3-15-16-12)7(17)14-4-13-6/h4H,3H2,(H,13,14,17). The number of H-pyrrole nitrogens is 1. The third kappa shape index (κ3) is 3.25. The summed E-state index contributed by atoms with van der Waals surface area (Å²) in [6, 6.07) is 0. The Bertz CT molecular complexity index is 573. The topological polar surface area (TPSA) is 94.5 Å².